The fourth-order valence-corrected chi connectivity index (χ4v) is 8.18. The summed E-state index contributed by atoms with van der Waals surface area (Å²) in [4.78, 5) is -0.533. The molecule has 0 saturated carbocycles. The summed E-state index contributed by atoms with van der Waals surface area (Å²) < 4.78 is 35.5. The minimum atomic E-state index is -5.02. The average Bonchev–Trinajstić information content (AvgIpc) is 2.60. The van der Waals surface area contributed by atoms with E-state index in [4.69, 9.17) is 5.11 Å². The zero-order valence-electron chi connectivity index (χ0n) is 10.5. The summed E-state index contributed by atoms with van der Waals surface area (Å²) in [7, 11) is -5.02. The van der Waals surface area contributed by atoms with Crippen molar-refractivity contribution in [3.8, 4) is 0 Å². The van der Waals surface area contributed by atoms with Crippen molar-refractivity contribution in [2.45, 2.75) is 39.9 Å². The van der Waals surface area contributed by atoms with Gasteiger partial charge < -0.3 is 0 Å². The quantitative estimate of drug-likeness (QED) is 0.152. The molecule has 1 aliphatic rings. The van der Waals surface area contributed by atoms with E-state index in [1.807, 2.05) is 0 Å². The molecule has 0 radical (unpaired) electrons. The van der Waals surface area contributed by atoms with Crippen LogP contribution in [0.2, 0.25) is 15.5 Å². The molecule has 20 heavy (non-hydrogen) atoms. The van der Waals surface area contributed by atoms with E-state index in [2.05, 4.69) is 4.18 Å². The Morgan fingerprint density at radius 2 is 2.05 bits per heavy atom. The van der Waals surface area contributed by atoms with Crippen LogP contribution in [-0.4, -0.2) is 90.0 Å². The van der Waals surface area contributed by atoms with Crippen molar-refractivity contribution in [3.63, 3.8) is 0 Å². The first-order valence-corrected chi connectivity index (χ1v) is 10.5. The van der Waals surface area contributed by atoms with Crippen LogP contribution in [0.3, 0.4) is 0 Å². The van der Waals surface area contributed by atoms with Crippen LogP contribution in [0.1, 0.15) is 0 Å². The van der Waals surface area contributed by atoms with Gasteiger partial charge in [-0.2, -0.15) is 0 Å². The van der Waals surface area contributed by atoms with E-state index in [1.54, 1.807) is 0 Å². The van der Waals surface area contributed by atoms with Gasteiger partial charge in [0.2, 0.25) is 0 Å². The molecular formula is C9H19O9SSe+. The van der Waals surface area contributed by atoms with Gasteiger partial charge in [-0.25, -0.2) is 0 Å². The fourth-order valence-electron chi connectivity index (χ4n) is 2.00. The summed E-state index contributed by atoms with van der Waals surface area (Å²) in [6.45, 7) is -0.960. The number of hydrogen-bond acceptors (Lipinski definition) is 8. The Kier molecular flexibility index (Phi) is 6.80. The Labute approximate surface area is 120 Å². The van der Waals surface area contributed by atoms with Crippen LogP contribution in [0.15, 0.2) is 0 Å². The molecule has 1 unspecified atom stereocenters. The molecule has 0 aliphatic carbocycles. The Balaban J connectivity index is 2.66. The molecular weight excluding hydrogens is 363 g/mol. The normalized spacial score (nSPS) is 34.1. The molecule has 0 aromatic rings. The standard InChI is InChI=1S/C9H18O9SSe/c10-1-7(18-19(15,16)17)5(12)3-20-4-6(13)9(14)8(20)2-11/h5-14H,1-4H2/p+1/t5-,6+,7+,8+,9-,20?/m0/s1. The molecule has 1 heterocycles. The van der Waals surface area contributed by atoms with Crippen LogP contribution in [0.25, 0.3) is 0 Å². The second kappa shape index (κ2) is 7.45. The number of hydrogen-bond donors (Lipinski definition) is 4. The molecule has 1 rings (SSSR count). The third-order valence-corrected chi connectivity index (χ3v) is 9.43. The average molecular weight is 382 g/mol. The van der Waals surface area contributed by atoms with Gasteiger partial charge in [0.25, 0.3) is 0 Å². The van der Waals surface area contributed by atoms with Gasteiger partial charge in [0.15, 0.2) is 0 Å². The summed E-state index contributed by atoms with van der Waals surface area (Å²) in [6, 6.07) is 0. The molecule has 0 aromatic heterocycles. The minimum absolute atomic E-state index is 0.0262. The Bertz CT molecular complexity index is 402. The number of aliphatic hydroxyl groups is 4. The molecule has 1 fully saturated rings. The molecule has 0 bridgehead atoms. The van der Waals surface area contributed by atoms with E-state index in [-0.39, 0.29) is 17.2 Å². The summed E-state index contributed by atoms with van der Waals surface area (Å²) in [5.74, 6) is 0. The number of rotatable bonds is 7. The zero-order valence-corrected chi connectivity index (χ0v) is 13.0. The topological polar surface area (TPSA) is 170 Å². The first-order chi connectivity index (χ1) is 9.19. The summed E-state index contributed by atoms with van der Waals surface area (Å²) >= 11 is -1.82. The maximum absolute atomic E-state index is 10.5. The van der Waals surface area contributed by atoms with E-state index in [0.717, 1.165) is 0 Å². The third kappa shape index (κ3) is 4.88. The van der Waals surface area contributed by atoms with Gasteiger partial charge in [0.05, 0.1) is 0 Å². The van der Waals surface area contributed by atoms with Crippen molar-refractivity contribution >= 4 is 24.3 Å². The predicted octanol–water partition coefficient (Wildman–Crippen LogP) is -3.49. The van der Waals surface area contributed by atoms with Gasteiger partial charge in [0.1, 0.15) is 0 Å². The predicted molar refractivity (Wildman–Crippen MR) is 67.3 cm³/mol. The molecule has 0 aromatic carbocycles. The fraction of sp³-hybridized carbons (Fsp3) is 1.00. The van der Waals surface area contributed by atoms with Gasteiger partial charge in [-0.3, -0.25) is 0 Å². The second-order valence-corrected chi connectivity index (χ2v) is 10.4. The van der Waals surface area contributed by atoms with Gasteiger partial charge in [-0.1, -0.05) is 0 Å². The molecule has 0 amide bonds. The molecule has 11 heteroatoms. The van der Waals surface area contributed by atoms with Gasteiger partial charge in [-0.15, -0.1) is 0 Å². The summed E-state index contributed by atoms with van der Waals surface area (Å²) in [6.07, 6.45) is -4.90. The Hall–Kier alpha value is 0.189. The van der Waals surface area contributed by atoms with E-state index in [1.165, 1.54) is 0 Å². The summed E-state index contributed by atoms with van der Waals surface area (Å²) in [5, 5.41) is 45.6. The van der Waals surface area contributed by atoms with Crippen LogP contribution in [0.5, 0.6) is 0 Å². The maximum atomic E-state index is 10.5. The SMILES string of the molecule is O=S(=O)([O-])O[C@H](C[OH2+])[C@@H](O)C[Se+]1C[C@@H](O)[C@H](O)[C@H]1CO. The van der Waals surface area contributed by atoms with Crippen LogP contribution in [-0.2, 0) is 14.6 Å². The Morgan fingerprint density at radius 1 is 1.45 bits per heavy atom. The number of aliphatic hydroxyl groups excluding tert-OH is 4. The van der Waals surface area contributed by atoms with Gasteiger partial charge in [0, 0.05) is 0 Å². The molecule has 9 nitrogen and oxygen atoms in total. The zero-order chi connectivity index (χ0) is 15.5. The molecule has 0 spiro atoms. The van der Waals surface area contributed by atoms with Gasteiger partial charge >= 0.3 is 120 Å². The van der Waals surface area contributed by atoms with Crippen molar-refractivity contribution in [2.75, 3.05) is 13.2 Å². The Morgan fingerprint density at radius 3 is 2.50 bits per heavy atom. The molecule has 6 N–H and O–H groups in total. The second-order valence-electron chi connectivity index (χ2n) is 4.46. The van der Waals surface area contributed by atoms with E-state index in [0.29, 0.717) is 0 Å². The van der Waals surface area contributed by atoms with E-state index in [9.17, 15) is 33.4 Å². The van der Waals surface area contributed by atoms with Crippen LogP contribution >= 0.6 is 0 Å². The third-order valence-electron chi connectivity index (χ3n) is 3.02. The van der Waals surface area contributed by atoms with Gasteiger partial charge in [-0.05, 0) is 0 Å². The van der Waals surface area contributed by atoms with E-state index < -0.39 is 60.1 Å². The monoisotopic (exact) mass is 383 g/mol. The molecule has 1 aliphatic heterocycles. The molecule has 1 saturated heterocycles. The van der Waals surface area contributed by atoms with Crippen molar-refractivity contribution in [3.05, 3.63) is 0 Å². The van der Waals surface area contributed by atoms with Crippen LogP contribution in [0.4, 0.5) is 0 Å². The van der Waals surface area contributed by atoms with Crippen molar-refractivity contribution in [1.82, 2.24) is 0 Å². The van der Waals surface area contributed by atoms with Crippen LogP contribution in [0, 0.1) is 0 Å². The van der Waals surface area contributed by atoms with Crippen LogP contribution < -0.4 is 0 Å². The van der Waals surface area contributed by atoms with Crippen molar-refractivity contribution in [1.29, 1.82) is 0 Å². The summed E-state index contributed by atoms with van der Waals surface area (Å²) in [5.41, 5.74) is 0. The van der Waals surface area contributed by atoms with Crippen molar-refractivity contribution in [2.24, 2.45) is 0 Å². The molecule has 120 valence electrons. The molecule has 6 atom stereocenters. The first kappa shape index (κ1) is 18.2. The first-order valence-electron chi connectivity index (χ1n) is 5.79. The van der Waals surface area contributed by atoms with E-state index >= 15 is 0 Å². The van der Waals surface area contributed by atoms with Crippen molar-refractivity contribution < 1.29 is 42.7 Å².